The first-order valence-corrected chi connectivity index (χ1v) is 11.6. The molecule has 0 spiro atoms. The number of nitrogens with one attached hydrogen (secondary N) is 1. The Kier molecular flexibility index (Phi) is 8.11. The first kappa shape index (κ1) is 23.3. The fraction of sp³-hybridized carbons (Fsp3) is 0.296. The molecule has 1 atom stereocenters. The summed E-state index contributed by atoms with van der Waals surface area (Å²) in [5.74, 6) is 0.876. The first-order valence-electron chi connectivity index (χ1n) is 11.6. The second-order valence-electron chi connectivity index (χ2n) is 8.21. The van der Waals surface area contributed by atoms with Gasteiger partial charge in [0, 0.05) is 6.08 Å². The average Bonchev–Trinajstić information content (AvgIpc) is 3.45. The lowest BCUT2D eigenvalue weighted by atomic mass is 10.0. The zero-order valence-corrected chi connectivity index (χ0v) is 18.9. The predicted octanol–water partition coefficient (Wildman–Crippen LogP) is 5.55. The molecule has 34 heavy (non-hydrogen) atoms. The second-order valence-corrected chi connectivity index (χ2v) is 8.21. The van der Waals surface area contributed by atoms with Crippen LogP contribution in [0.15, 0.2) is 65.3 Å². The molecule has 1 amide bonds. The number of oxazole rings is 1. The lowest BCUT2D eigenvalue weighted by molar-refractivity contribution is -0.135. The van der Waals surface area contributed by atoms with E-state index >= 15 is 0 Å². The van der Waals surface area contributed by atoms with E-state index in [9.17, 15) is 9.59 Å². The molecule has 1 saturated heterocycles. The minimum absolute atomic E-state index is 0.344. The number of aryl methyl sites for hydroxylation is 1. The summed E-state index contributed by atoms with van der Waals surface area (Å²) in [5.41, 5.74) is 3.08. The lowest BCUT2D eigenvalue weighted by Gasteiger charge is -2.07. The zero-order chi connectivity index (χ0) is 23.6. The highest BCUT2D eigenvalue weighted by atomic mass is 16.6. The van der Waals surface area contributed by atoms with E-state index in [1.165, 1.54) is 5.56 Å². The summed E-state index contributed by atoms with van der Waals surface area (Å²) in [6, 6.07) is 17.6. The molecule has 1 N–H and O–H groups in total. The van der Waals surface area contributed by atoms with Gasteiger partial charge in [-0.25, -0.2) is 14.6 Å². The summed E-state index contributed by atoms with van der Waals surface area (Å²) >= 11 is 0. The third-order valence-electron chi connectivity index (χ3n) is 5.58. The summed E-state index contributed by atoms with van der Waals surface area (Å²) < 4.78 is 15.8. The normalized spacial score (nSPS) is 15.5. The quantitative estimate of drug-likeness (QED) is 0.216. The Bertz CT molecular complexity index is 1110. The number of rotatable bonds is 12. The molecule has 0 aliphatic carbocycles. The minimum atomic E-state index is -0.635. The standard InChI is InChI=1S/C27H28N2O5/c30-26-24(29-27(31)34-26)11-7-2-1-4-10-21-12-15-23(16-13-21)32-18-22-19-33-25(28-22)17-14-20-8-5-3-6-9-20/h3,5-6,8-9,12-17,19,24H,1-2,4,7,10-11,18H2,(H,29,31). The van der Waals surface area contributed by atoms with Crippen molar-refractivity contribution < 1.29 is 23.5 Å². The van der Waals surface area contributed by atoms with E-state index in [2.05, 4.69) is 27.2 Å². The highest BCUT2D eigenvalue weighted by molar-refractivity contribution is 5.95. The maximum absolute atomic E-state index is 11.4. The van der Waals surface area contributed by atoms with Crippen LogP contribution in [0.1, 0.15) is 54.8 Å². The van der Waals surface area contributed by atoms with E-state index < -0.39 is 18.1 Å². The van der Waals surface area contributed by atoms with E-state index in [0.717, 1.165) is 49.1 Å². The van der Waals surface area contributed by atoms with Gasteiger partial charge in [-0.3, -0.25) is 0 Å². The molecule has 2 aromatic carbocycles. The van der Waals surface area contributed by atoms with Crippen LogP contribution < -0.4 is 10.1 Å². The minimum Gasteiger partial charge on any atom is -0.487 e. The van der Waals surface area contributed by atoms with Crippen molar-refractivity contribution in [3.8, 4) is 5.75 Å². The molecule has 0 bridgehead atoms. The van der Waals surface area contributed by atoms with Crippen molar-refractivity contribution in [1.29, 1.82) is 0 Å². The number of nitrogens with zero attached hydrogens (tertiary/aromatic N) is 1. The molecule has 4 rings (SSSR count). The van der Waals surface area contributed by atoms with Gasteiger partial charge < -0.3 is 19.2 Å². The van der Waals surface area contributed by atoms with Gasteiger partial charge in [0.2, 0.25) is 5.89 Å². The Morgan fingerprint density at radius 2 is 1.74 bits per heavy atom. The number of cyclic esters (lactones) is 2. The molecule has 7 heteroatoms. The topological polar surface area (TPSA) is 90.7 Å². The third kappa shape index (κ3) is 7.07. The highest BCUT2D eigenvalue weighted by Gasteiger charge is 2.31. The van der Waals surface area contributed by atoms with E-state index in [1.807, 2.05) is 54.6 Å². The van der Waals surface area contributed by atoms with Crippen LogP contribution in [-0.4, -0.2) is 23.1 Å². The van der Waals surface area contributed by atoms with Crippen LogP contribution >= 0.6 is 0 Å². The molecule has 1 aliphatic rings. The fourth-order valence-electron chi connectivity index (χ4n) is 3.72. The van der Waals surface area contributed by atoms with Crippen LogP contribution in [-0.2, 0) is 22.6 Å². The van der Waals surface area contributed by atoms with Gasteiger partial charge in [-0.05, 0) is 48.6 Å². The number of amides is 1. The van der Waals surface area contributed by atoms with Gasteiger partial charge in [-0.15, -0.1) is 0 Å². The number of aromatic nitrogens is 1. The molecule has 1 aromatic heterocycles. The molecule has 1 unspecified atom stereocenters. The zero-order valence-electron chi connectivity index (χ0n) is 18.9. The smallest absolute Gasteiger partial charge is 0.415 e. The molecular formula is C27H28N2O5. The van der Waals surface area contributed by atoms with Crippen molar-refractivity contribution in [2.45, 2.75) is 51.2 Å². The van der Waals surface area contributed by atoms with Crippen LogP contribution in [0.4, 0.5) is 4.79 Å². The molecule has 3 aromatic rings. The fourth-order valence-corrected chi connectivity index (χ4v) is 3.72. The van der Waals surface area contributed by atoms with Crippen molar-refractivity contribution in [3.05, 3.63) is 83.6 Å². The Morgan fingerprint density at radius 3 is 2.50 bits per heavy atom. The third-order valence-corrected chi connectivity index (χ3v) is 5.58. The van der Waals surface area contributed by atoms with Crippen LogP contribution in [0.5, 0.6) is 5.75 Å². The van der Waals surface area contributed by atoms with E-state index in [1.54, 1.807) is 6.26 Å². The summed E-state index contributed by atoms with van der Waals surface area (Å²) in [4.78, 5) is 26.8. The van der Waals surface area contributed by atoms with Gasteiger partial charge in [0.1, 0.15) is 30.4 Å². The molecule has 1 fully saturated rings. The van der Waals surface area contributed by atoms with Crippen molar-refractivity contribution in [2.24, 2.45) is 0 Å². The lowest BCUT2D eigenvalue weighted by Crippen LogP contribution is -2.28. The van der Waals surface area contributed by atoms with Crippen LogP contribution in [0.2, 0.25) is 0 Å². The van der Waals surface area contributed by atoms with E-state index in [-0.39, 0.29) is 0 Å². The monoisotopic (exact) mass is 460 g/mol. The van der Waals surface area contributed by atoms with Crippen molar-refractivity contribution in [2.75, 3.05) is 0 Å². The Balaban J connectivity index is 1.12. The first-order chi connectivity index (χ1) is 16.7. The summed E-state index contributed by atoms with van der Waals surface area (Å²) in [7, 11) is 0. The number of alkyl carbamates (subject to hydrolysis) is 1. The van der Waals surface area contributed by atoms with Crippen molar-refractivity contribution in [3.63, 3.8) is 0 Å². The van der Waals surface area contributed by atoms with E-state index in [4.69, 9.17) is 9.15 Å². The molecule has 2 heterocycles. The molecular weight excluding hydrogens is 432 g/mol. The summed E-state index contributed by atoms with van der Waals surface area (Å²) in [6.07, 6.45) is 10.4. The van der Waals surface area contributed by atoms with Crippen LogP contribution in [0.3, 0.4) is 0 Å². The van der Waals surface area contributed by atoms with Crippen LogP contribution in [0.25, 0.3) is 12.2 Å². The molecule has 0 saturated carbocycles. The molecule has 176 valence electrons. The number of ether oxygens (including phenoxy) is 2. The van der Waals surface area contributed by atoms with Gasteiger partial charge in [0.05, 0.1) is 0 Å². The van der Waals surface area contributed by atoms with Crippen LogP contribution in [0, 0.1) is 0 Å². The maximum atomic E-state index is 11.4. The van der Waals surface area contributed by atoms with Gasteiger partial charge in [-0.2, -0.15) is 0 Å². The number of esters is 1. The number of carbonyl (C=O) groups excluding carboxylic acids is 2. The molecule has 1 aliphatic heterocycles. The van der Waals surface area contributed by atoms with Gasteiger partial charge in [0.15, 0.2) is 0 Å². The Morgan fingerprint density at radius 1 is 0.941 bits per heavy atom. The largest absolute Gasteiger partial charge is 0.487 e. The second kappa shape index (κ2) is 11.8. The van der Waals surface area contributed by atoms with Crippen molar-refractivity contribution >= 4 is 24.2 Å². The number of hydrogen-bond acceptors (Lipinski definition) is 6. The predicted molar refractivity (Wildman–Crippen MR) is 128 cm³/mol. The number of carbonyl (C=O) groups is 2. The average molecular weight is 461 g/mol. The Hall–Kier alpha value is -3.87. The van der Waals surface area contributed by atoms with Gasteiger partial charge in [-0.1, -0.05) is 61.7 Å². The Labute approximate surface area is 198 Å². The SMILES string of the molecule is O=C1NC(CCCCCCc2ccc(OCc3coc(C=Cc4ccccc4)n3)cc2)C(=O)O1. The molecule has 7 nitrogen and oxygen atoms in total. The number of benzene rings is 2. The maximum Gasteiger partial charge on any atom is 0.415 e. The summed E-state index contributed by atoms with van der Waals surface area (Å²) in [5, 5.41) is 2.52. The number of hydrogen-bond donors (Lipinski definition) is 1. The summed E-state index contributed by atoms with van der Waals surface area (Å²) in [6.45, 7) is 0.344. The van der Waals surface area contributed by atoms with Crippen molar-refractivity contribution in [1.82, 2.24) is 10.3 Å². The van der Waals surface area contributed by atoms with Gasteiger partial charge >= 0.3 is 12.1 Å². The number of unbranched alkanes of at least 4 members (excludes halogenated alkanes) is 3. The van der Waals surface area contributed by atoms with E-state index in [0.29, 0.717) is 18.9 Å². The molecule has 0 radical (unpaired) electrons. The highest BCUT2D eigenvalue weighted by Crippen LogP contribution is 2.17. The van der Waals surface area contributed by atoms with Gasteiger partial charge in [0.25, 0.3) is 0 Å².